The van der Waals surface area contributed by atoms with E-state index in [2.05, 4.69) is 9.97 Å². The maximum Gasteiger partial charge on any atom is 0.345 e. The number of H-pyrrole nitrogens is 1. The lowest BCUT2D eigenvalue weighted by molar-refractivity contribution is 0.153. The Kier molecular flexibility index (Phi) is 2.83. The van der Waals surface area contributed by atoms with Crippen molar-refractivity contribution < 1.29 is 5.11 Å². The molecule has 0 amide bonds. The monoisotopic (exact) mass is 209 g/mol. The highest BCUT2D eigenvalue weighted by molar-refractivity contribution is 5.29. The summed E-state index contributed by atoms with van der Waals surface area (Å²) in [5.41, 5.74) is 7.40. The smallest absolute Gasteiger partial charge is 0.345 e. The van der Waals surface area contributed by atoms with Gasteiger partial charge in [-0.3, -0.25) is 0 Å². The van der Waals surface area contributed by atoms with Crippen molar-refractivity contribution in [1.82, 2.24) is 9.97 Å². The number of nitrogens with two attached hydrogens (primary N) is 1. The Labute approximate surface area is 87.4 Å². The van der Waals surface area contributed by atoms with Gasteiger partial charge in [0.2, 0.25) is 0 Å². The fourth-order valence-corrected chi connectivity index (χ4v) is 2.12. The molecule has 1 aromatic heterocycles. The van der Waals surface area contributed by atoms with Crippen LogP contribution in [0.3, 0.4) is 0 Å². The van der Waals surface area contributed by atoms with E-state index < -0.39 is 6.10 Å². The average molecular weight is 209 g/mol. The van der Waals surface area contributed by atoms with E-state index in [1.54, 1.807) is 0 Å². The van der Waals surface area contributed by atoms with Crippen LogP contribution in [0.25, 0.3) is 0 Å². The van der Waals surface area contributed by atoms with Crippen molar-refractivity contribution in [2.45, 2.75) is 31.8 Å². The molecule has 5 nitrogen and oxygen atoms in total. The van der Waals surface area contributed by atoms with Crippen molar-refractivity contribution in [3.05, 3.63) is 27.4 Å². The number of aliphatic hydroxyl groups is 1. The van der Waals surface area contributed by atoms with Gasteiger partial charge < -0.3 is 15.8 Å². The minimum absolute atomic E-state index is 0.341. The largest absolute Gasteiger partial charge is 0.388 e. The summed E-state index contributed by atoms with van der Waals surface area (Å²) >= 11 is 0. The predicted octanol–water partition coefficient (Wildman–Crippen LogP) is -0.359. The zero-order chi connectivity index (χ0) is 10.8. The van der Waals surface area contributed by atoms with Crippen LogP contribution in [-0.4, -0.2) is 21.6 Å². The number of rotatable bonds is 2. The quantitative estimate of drug-likeness (QED) is 0.620. The summed E-state index contributed by atoms with van der Waals surface area (Å²) in [5.74, 6) is 0. The molecule has 1 aliphatic rings. The van der Waals surface area contributed by atoms with Crippen LogP contribution >= 0.6 is 0 Å². The summed E-state index contributed by atoms with van der Waals surface area (Å²) < 4.78 is 0. The van der Waals surface area contributed by atoms with Gasteiger partial charge in [0, 0.05) is 17.7 Å². The van der Waals surface area contributed by atoms with E-state index in [1.807, 2.05) is 0 Å². The Hall–Kier alpha value is -1.20. The fraction of sp³-hybridized carbons (Fsp3) is 0.600. The number of hydrogen-bond acceptors (Lipinski definition) is 4. The molecule has 82 valence electrons. The van der Waals surface area contributed by atoms with Crippen molar-refractivity contribution in [3.8, 4) is 0 Å². The average Bonchev–Trinajstić information content (AvgIpc) is 2.17. The maximum atomic E-state index is 11.3. The highest BCUT2D eigenvalue weighted by Crippen LogP contribution is 2.29. The Morgan fingerprint density at radius 3 is 3.13 bits per heavy atom. The molecule has 0 fully saturated rings. The Morgan fingerprint density at radius 2 is 2.40 bits per heavy atom. The first kappa shape index (κ1) is 10.3. The summed E-state index contributed by atoms with van der Waals surface area (Å²) in [6, 6.07) is 0. The van der Waals surface area contributed by atoms with Gasteiger partial charge in [-0.1, -0.05) is 0 Å². The second-order valence-electron chi connectivity index (χ2n) is 3.83. The highest BCUT2D eigenvalue weighted by Gasteiger charge is 2.22. The molecule has 4 N–H and O–H groups in total. The third-order valence-corrected chi connectivity index (χ3v) is 2.75. The van der Waals surface area contributed by atoms with E-state index in [9.17, 15) is 9.90 Å². The van der Waals surface area contributed by atoms with Crippen molar-refractivity contribution in [1.29, 1.82) is 0 Å². The van der Waals surface area contributed by atoms with Gasteiger partial charge in [-0.05, 0) is 25.8 Å². The molecule has 15 heavy (non-hydrogen) atoms. The fourth-order valence-electron chi connectivity index (χ4n) is 2.12. The maximum absolute atomic E-state index is 11.3. The summed E-state index contributed by atoms with van der Waals surface area (Å²) in [6.45, 7) is 0.440. The van der Waals surface area contributed by atoms with E-state index in [0.29, 0.717) is 18.7 Å². The normalized spacial score (nSPS) is 20.0. The zero-order valence-electron chi connectivity index (χ0n) is 8.49. The van der Waals surface area contributed by atoms with Crippen LogP contribution < -0.4 is 11.4 Å². The molecule has 0 spiro atoms. The van der Waals surface area contributed by atoms with Crippen LogP contribution in [0.2, 0.25) is 0 Å². The predicted molar refractivity (Wildman–Crippen MR) is 55.5 cm³/mol. The van der Waals surface area contributed by atoms with Gasteiger partial charge in [-0.25, -0.2) is 4.79 Å². The first-order chi connectivity index (χ1) is 7.22. The second-order valence-corrected chi connectivity index (χ2v) is 3.83. The highest BCUT2D eigenvalue weighted by atomic mass is 16.3. The van der Waals surface area contributed by atoms with Gasteiger partial charge in [0.05, 0.1) is 11.8 Å². The first-order valence-corrected chi connectivity index (χ1v) is 5.22. The van der Waals surface area contributed by atoms with Crippen LogP contribution in [0.15, 0.2) is 4.79 Å². The Balaban J connectivity index is 2.53. The van der Waals surface area contributed by atoms with Gasteiger partial charge in [0.25, 0.3) is 0 Å². The molecule has 0 aliphatic heterocycles. The lowest BCUT2D eigenvalue weighted by atomic mass is 9.91. The van der Waals surface area contributed by atoms with Crippen molar-refractivity contribution >= 4 is 0 Å². The molecule has 1 aromatic rings. The van der Waals surface area contributed by atoms with Crippen LogP contribution in [0.5, 0.6) is 0 Å². The van der Waals surface area contributed by atoms with Gasteiger partial charge in [0.1, 0.15) is 0 Å². The van der Waals surface area contributed by atoms with E-state index in [-0.39, 0.29) is 5.69 Å². The van der Waals surface area contributed by atoms with E-state index in [1.165, 1.54) is 0 Å². The first-order valence-electron chi connectivity index (χ1n) is 5.22. The number of aliphatic hydroxyl groups excluding tert-OH is 1. The molecule has 2 rings (SSSR count). The number of aryl methyl sites for hydroxylation is 1. The summed E-state index contributed by atoms with van der Waals surface area (Å²) in [6.07, 6.45) is 2.49. The van der Waals surface area contributed by atoms with Crippen LogP contribution in [0, 0.1) is 0 Å². The number of nitrogens with one attached hydrogen (secondary N) is 1. The number of nitrogens with zero attached hydrogens (tertiary/aromatic N) is 1. The topological polar surface area (TPSA) is 92.0 Å². The third-order valence-electron chi connectivity index (χ3n) is 2.75. The number of fused-ring (bicyclic) bond motifs is 1. The molecule has 5 heteroatoms. The number of hydrogen-bond donors (Lipinski definition) is 3. The molecule has 0 bridgehead atoms. The lowest BCUT2D eigenvalue weighted by Gasteiger charge is -2.22. The van der Waals surface area contributed by atoms with Gasteiger partial charge in [-0.15, -0.1) is 0 Å². The molecule has 1 unspecified atom stereocenters. The molecular formula is C10H15N3O2. The summed E-state index contributed by atoms with van der Waals surface area (Å²) in [4.78, 5) is 17.8. The molecule has 0 saturated carbocycles. The Morgan fingerprint density at radius 1 is 1.60 bits per heavy atom. The van der Waals surface area contributed by atoms with Crippen LogP contribution in [0.4, 0.5) is 0 Å². The summed E-state index contributed by atoms with van der Waals surface area (Å²) in [5, 5.41) is 9.86. The lowest BCUT2D eigenvalue weighted by Crippen LogP contribution is -2.25. The minimum atomic E-state index is -0.500. The van der Waals surface area contributed by atoms with Gasteiger partial charge in [0.15, 0.2) is 0 Å². The Bertz CT molecular complexity index is 414. The SMILES string of the molecule is NCCc1nc(=O)[nH]c2c1C(O)CCC2. The minimum Gasteiger partial charge on any atom is -0.388 e. The molecule has 1 aliphatic carbocycles. The number of aromatic nitrogens is 2. The van der Waals surface area contributed by atoms with E-state index in [0.717, 1.165) is 30.5 Å². The zero-order valence-corrected chi connectivity index (χ0v) is 8.49. The van der Waals surface area contributed by atoms with Crippen LogP contribution in [0.1, 0.15) is 35.9 Å². The molecule has 0 radical (unpaired) electrons. The molecule has 1 atom stereocenters. The van der Waals surface area contributed by atoms with Gasteiger partial charge in [-0.2, -0.15) is 4.98 Å². The van der Waals surface area contributed by atoms with Crippen molar-refractivity contribution in [3.63, 3.8) is 0 Å². The van der Waals surface area contributed by atoms with E-state index >= 15 is 0 Å². The van der Waals surface area contributed by atoms with Gasteiger partial charge >= 0.3 is 5.69 Å². The number of aromatic amines is 1. The molecule has 1 heterocycles. The molecule has 0 saturated heterocycles. The standard InChI is InChI=1S/C10H15N3O2/c11-5-4-7-9-6(12-10(15)13-7)2-1-3-8(9)14/h8,14H,1-5,11H2,(H,12,13,15). The van der Waals surface area contributed by atoms with Crippen molar-refractivity contribution in [2.24, 2.45) is 5.73 Å². The third kappa shape index (κ3) is 1.93. The van der Waals surface area contributed by atoms with Crippen molar-refractivity contribution in [2.75, 3.05) is 6.54 Å². The van der Waals surface area contributed by atoms with E-state index in [4.69, 9.17) is 5.73 Å². The van der Waals surface area contributed by atoms with Crippen LogP contribution in [-0.2, 0) is 12.8 Å². The molecule has 0 aromatic carbocycles. The molecular weight excluding hydrogens is 194 g/mol. The second kappa shape index (κ2) is 4.12. The summed E-state index contributed by atoms with van der Waals surface area (Å²) in [7, 11) is 0.